The Bertz CT molecular complexity index is 751. The van der Waals surface area contributed by atoms with Gasteiger partial charge in [0, 0.05) is 17.8 Å². The Morgan fingerprint density at radius 2 is 2.00 bits per heavy atom. The number of nitrogens with one attached hydrogen (secondary N) is 2. The minimum Gasteiger partial charge on any atom is -0.273 e. The van der Waals surface area contributed by atoms with Crippen LogP contribution in [-0.4, -0.2) is 21.6 Å². The summed E-state index contributed by atoms with van der Waals surface area (Å²) in [5, 5.41) is 4.49. The van der Waals surface area contributed by atoms with Crippen LogP contribution in [0, 0.1) is 19.8 Å². The lowest BCUT2D eigenvalue weighted by Crippen LogP contribution is -2.42. The van der Waals surface area contributed by atoms with Gasteiger partial charge in [0.05, 0.1) is 20.8 Å². The highest BCUT2D eigenvalue weighted by molar-refractivity contribution is 9.11. The van der Waals surface area contributed by atoms with E-state index in [4.69, 9.17) is 0 Å². The highest BCUT2D eigenvalue weighted by atomic mass is 79.9. The number of thiophene rings is 1. The molecule has 2 amide bonds. The first-order chi connectivity index (χ1) is 11.3. The molecule has 2 heterocycles. The summed E-state index contributed by atoms with van der Waals surface area (Å²) >= 11 is 4.61. The predicted octanol–water partition coefficient (Wildman–Crippen LogP) is 2.98. The van der Waals surface area contributed by atoms with E-state index in [2.05, 4.69) is 45.7 Å². The van der Waals surface area contributed by atoms with Gasteiger partial charge in [-0.05, 0) is 47.8 Å². The Kier molecular flexibility index (Phi) is 6.17. The van der Waals surface area contributed by atoms with Crippen LogP contribution in [0.5, 0.6) is 0 Å². The van der Waals surface area contributed by atoms with Crippen LogP contribution in [0.25, 0.3) is 0 Å². The van der Waals surface area contributed by atoms with Crippen molar-refractivity contribution in [1.82, 2.24) is 20.6 Å². The van der Waals surface area contributed by atoms with Gasteiger partial charge in [-0.3, -0.25) is 25.1 Å². The Morgan fingerprint density at radius 1 is 1.29 bits per heavy atom. The predicted molar refractivity (Wildman–Crippen MR) is 97.9 cm³/mol. The number of aryl methyl sites for hydroxylation is 1. The second-order valence-corrected chi connectivity index (χ2v) is 8.47. The van der Waals surface area contributed by atoms with Crippen LogP contribution in [0.1, 0.15) is 40.5 Å². The number of amides is 2. The fourth-order valence-electron chi connectivity index (χ4n) is 2.34. The minimum atomic E-state index is -0.331. The van der Waals surface area contributed by atoms with Gasteiger partial charge in [-0.2, -0.15) is 5.10 Å². The summed E-state index contributed by atoms with van der Waals surface area (Å²) in [5.41, 5.74) is 7.63. The van der Waals surface area contributed by atoms with Crippen LogP contribution in [0.2, 0.25) is 0 Å². The van der Waals surface area contributed by atoms with Crippen molar-refractivity contribution >= 4 is 39.1 Å². The molecule has 0 unspecified atom stereocenters. The van der Waals surface area contributed by atoms with Gasteiger partial charge in [-0.15, -0.1) is 11.3 Å². The van der Waals surface area contributed by atoms with Gasteiger partial charge in [0.25, 0.3) is 5.91 Å². The van der Waals surface area contributed by atoms with E-state index in [0.29, 0.717) is 10.8 Å². The monoisotopic (exact) mass is 412 g/mol. The van der Waals surface area contributed by atoms with Crippen LogP contribution in [0.3, 0.4) is 0 Å². The van der Waals surface area contributed by atoms with Crippen LogP contribution >= 0.6 is 27.3 Å². The molecule has 0 aliphatic heterocycles. The van der Waals surface area contributed by atoms with Gasteiger partial charge in [-0.25, -0.2) is 0 Å². The maximum Gasteiger partial charge on any atom is 0.279 e. The number of carbonyl (C=O) groups is 2. The van der Waals surface area contributed by atoms with E-state index >= 15 is 0 Å². The topological polar surface area (TPSA) is 76.0 Å². The number of nitrogens with zero attached hydrogens (tertiary/aromatic N) is 2. The van der Waals surface area contributed by atoms with Gasteiger partial charge in [-0.1, -0.05) is 13.8 Å². The van der Waals surface area contributed by atoms with E-state index in [-0.39, 0.29) is 18.2 Å². The van der Waals surface area contributed by atoms with Gasteiger partial charge >= 0.3 is 0 Å². The first-order valence-electron chi connectivity index (χ1n) is 7.65. The van der Waals surface area contributed by atoms with Crippen molar-refractivity contribution in [2.75, 3.05) is 0 Å². The summed E-state index contributed by atoms with van der Waals surface area (Å²) in [4.78, 5) is 24.6. The van der Waals surface area contributed by atoms with Crippen molar-refractivity contribution in [3.05, 3.63) is 37.7 Å². The molecule has 130 valence electrons. The van der Waals surface area contributed by atoms with Gasteiger partial charge in [0.1, 0.15) is 0 Å². The van der Waals surface area contributed by atoms with E-state index in [1.165, 1.54) is 11.3 Å². The third kappa shape index (κ3) is 4.67. The zero-order valence-corrected chi connectivity index (χ0v) is 16.5. The summed E-state index contributed by atoms with van der Waals surface area (Å²) in [5.74, 6) is -0.119. The number of hydrogen-bond donors (Lipinski definition) is 2. The van der Waals surface area contributed by atoms with E-state index in [0.717, 1.165) is 27.3 Å². The second kappa shape index (κ2) is 7.94. The van der Waals surface area contributed by atoms with E-state index < -0.39 is 0 Å². The van der Waals surface area contributed by atoms with Crippen molar-refractivity contribution in [3.63, 3.8) is 0 Å². The standard InChI is InChI=1S/C16H21BrN4O2S/c1-9(2)8-21-11(4)12(10(3)20-21)7-15(22)18-19-16(23)13-5-6-14(17)24-13/h5-6,9H,7-8H2,1-4H3,(H,18,22)(H,19,23). The van der Waals surface area contributed by atoms with Crippen LogP contribution in [0.4, 0.5) is 0 Å². The molecular formula is C16H21BrN4O2S. The Hall–Kier alpha value is -1.67. The number of halogens is 1. The molecule has 2 rings (SSSR count). The number of aromatic nitrogens is 2. The number of hydrazine groups is 1. The van der Waals surface area contributed by atoms with Crippen molar-refractivity contribution in [2.45, 2.75) is 40.7 Å². The van der Waals surface area contributed by atoms with Crippen molar-refractivity contribution in [3.8, 4) is 0 Å². The maximum absolute atomic E-state index is 12.1. The molecule has 0 aliphatic rings. The highest BCUT2D eigenvalue weighted by Crippen LogP contribution is 2.21. The molecule has 0 saturated heterocycles. The Balaban J connectivity index is 1.95. The van der Waals surface area contributed by atoms with Crippen molar-refractivity contribution in [1.29, 1.82) is 0 Å². The Morgan fingerprint density at radius 3 is 2.58 bits per heavy atom. The lowest BCUT2D eigenvalue weighted by Gasteiger charge is -2.09. The molecule has 2 aromatic rings. The smallest absolute Gasteiger partial charge is 0.273 e. The van der Waals surface area contributed by atoms with Crippen molar-refractivity contribution in [2.24, 2.45) is 5.92 Å². The number of carbonyl (C=O) groups excluding carboxylic acids is 2. The van der Waals surface area contributed by atoms with Gasteiger partial charge < -0.3 is 0 Å². The summed E-state index contributed by atoms with van der Waals surface area (Å²) in [6, 6.07) is 3.48. The molecule has 0 atom stereocenters. The van der Waals surface area contributed by atoms with E-state index in [9.17, 15) is 9.59 Å². The highest BCUT2D eigenvalue weighted by Gasteiger charge is 2.16. The lowest BCUT2D eigenvalue weighted by atomic mass is 10.1. The molecule has 6 nitrogen and oxygen atoms in total. The SMILES string of the molecule is Cc1nn(CC(C)C)c(C)c1CC(=O)NNC(=O)c1ccc(Br)s1. The third-order valence-corrected chi connectivity index (χ3v) is 5.14. The number of hydrogen-bond acceptors (Lipinski definition) is 4. The normalized spacial score (nSPS) is 10.9. The third-order valence-electron chi connectivity index (χ3n) is 3.52. The fourth-order valence-corrected chi connectivity index (χ4v) is 3.62. The fraction of sp³-hybridized carbons (Fsp3) is 0.438. The first kappa shape index (κ1) is 18.7. The molecule has 0 fully saturated rings. The number of rotatable bonds is 5. The maximum atomic E-state index is 12.1. The van der Waals surface area contributed by atoms with Crippen LogP contribution < -0.4 is 10.9 Å². The van der Waals surface area contributed by atoms with Gasteiger partial charge in [0.15, 0.2) is 0 Å². The average molecular weight is 413 g/mol. The molecule has 0 spiro atoms. The average Bonchev–Trinajstić information content (AvgIpc) is 3.04. The van der Waals surface area contributed by atoms with Gasteiger partial charge in [0.2, 0.25) is 5.91 Å². The molecule has 24 heavy (non-hydrogen) atoms. The molecule has 0 aliphatic carbocycles. The summed E-state index contributed by atoms with van der Waals surface area (Å²) in [6.07, 6.45) is 0.185. The molecule has 0 radical (unpaired) electrons. The molecule has 2 aromatic heterocycles. The van der Waals surface area contributed by atoms with Crippen LogP contribution in [0.15, 0.2) is 15.9 Å². The quantitative estimate of drug-likeness (QED) is 0.740. The molecule has 2 N–H and O–H groups in total. The molecule has 0 aromatic carbocycles. The molecule has 0 bridgehead atoms. The summed E-state index contributed by atoms with van der Waals surface area (Å²) in [6.45, 7) is 8.93. The van der Waals surface area contributed by atoms with Crippen LogP contribution in [-0.2, 0) is 17.8 Å². The summed E-state index contributed by atoms with van der Waals surface area (Å²) in [7, 11) is 0. The minimum absolute atomic E-state index is 0.185. The zero-order valence-electron chi connectivity index (χ0n) is 14.1. The van der Waals surface area contributed by atoms with E-state index in [1.54, 1.807) is 12.1 Å². The largest absolute Gasteiger partial charge is 0.279 e. The Labute approximate surface area is 153 Å². The first-order valence-corrected chi connectivity index (χ1v) is 9.26. The van der Waals surface area contributed by atoms with E-state index in [1.807, 2.05) is 18.5 Å². The molecule has 8 heteroatoms. The summed E-state index contributed by atoms with van der Waals surface area (Å²) < 4.78 is 2.80. The molecular weight excluding hydrogens is 392 g/mol. The zero-order chi connectivity index (χ0) is 17.9. The van der Waals surface area contributed by atoms with Crippen molar-refractivity contribution < 1.29 is 9.59 Å². The lowest BCUT2D eigenvalue weighted by molar-refractivity contribution is -0.121. The second-order valence-electron chi connectivity index (χ2n) is 6.01. The molecule has 0 saturated carbocycles.